The summed E-state index contributed by atoms with van der Waals surface area (Å²) in [6, 6.07) is 3.67. The number of thiophene rings is 1. The fourth-order valence-electron chi connectivity index (χ4n) is 2.42. The van der Waals surface area contributed by atoms with Gasteiger partial charge in [-0.15, -0.1) is 11.3 Å². The molecule has 20 heavy (non-hydrogen) atoms. The first kappa shape index (κ1) is 15.0. The highest BCUT2D eigenvalue weighted by Gasteiger charge is 2.30. The van der Waals surface area contributed by atoms with Crippen molar-refractivity contribution in [1.82, 2.24) is 10.2 Å². The van der Waals surface area contributed by atoms with Crippen molar-refractivity contribution in [2.75, 3.05) is 20.2 Å². The summed E-state index contributed by atoms with van der Waals surface area (Å²) in [7, 11) is 1.39. The van der Waals surface area contributed by atoms with Crippen LogP contribution < -0.4 is 5.32 Å². The van der Waals surface area contributed by atoms with E-state index in [0.717, 1.165) is 30.7 Å². The molecular formula is C14H20N2O3S. The van der Waals surface area contributed by atoms with E-state index in [1.54, 1.807) is 11.3 Å². The van der Waals surface area contributed by atoms with Crippen LogP contribution in [0.1, 0.15) is 24.1 Å². The zero-order valence-corrected chi connectivity index (χ0v) is 12.4. The van der Waals surface area contributed by atoms with Crippen molar-refractivity contribution >= 4 is 23.2 Å². The number of nitrogens with zero attached hydrogens (tertiary/aromatic N) is 1. The molecule has 1 unspecified atom stereocenters. The highest BCUT2D eigenvalue weighted by atomic mass is 32.1. The standard InChI is InChI=1S/C14H20N2O3S/c1-19-14(18)12-6-2-3-7-16(12)10-13(17)15-9-11-5-4-8-20-11/h4-5,8,12H,2-3,6-7,9-10H2,1H3,(H,15,17). The summed E-state index contributed by atoms with van der Waals surface area (Å²) in [6.07, 6.45) is 2.80. The number of methoxy groups -OCH3 is 1. The van der Waals surface area contributed by atoms with Crippen molar-refractivity contribution in [3.05, 3.63) is 22.4 Å². The summed E-state index contributed by atoms with van der Waals surface area (Å²) in [5, 5.41) is 4.87. The summed E-state index contributed by atoms with van der Waals surface area (Å²) >= 11 is 1.62. The topological polar surface area (TPSA) is 58.6 Å². The van der Waals surface area contributed by atoms with Crippen molar-refractivity contribution in [2.45, 2.75) is 31.8 Å². The summed E-state index contributed by atoms with van der Waals surface area (Å²) in [6.45, 7) is 1.57. The Morgan fingerprint density at radius 1 is 1.50 bits per heavy atom. The minimum atomic E-state index is -0.277. The van der Waals surface area contributed by atoms with E-state index in [1.165, 1.54) is 7.11 Å². The van der Waals surface area contributed by atoms with Crippen LogP contribution in [-0.4, -0.2) is 43.0 Å². The second kappa shape index (κ2) is 7.40. The van der Waals surface area contributed by atoms with E-state index in [0.29, 0.717) is 6.54 Å². The maximum atomic E-state index is 12.0. The molecule has 1 aliphatic heterocycles. The molecule has 1 amide bonds. The van der Waals surface area contributed by atoms with Gasteiger partial charge in [0.1, 0.15) is 6.04 Å². The van der Waals surface area contributed by atoms with E-state index >= 15 is 0 Å². The number of ether oxygens (including phenoxy) is 1. The number of rotatable bonds is 5. The largest absolute Gasteiger partial charge is 0.468 e. The molecule has 1 N–H and O–H groups in total. The number of likely N-dealkylation sites (tertiary alicyclic amines) is 1. The summed E-state index contributed by atoms with van der Waals surface area (Å²) in [5.74, 6) is -0.287. The van der Waals surface area contributed by atoms with E-state index in [2.05, 4.69) is 5.32 Å². The Hall–Kier alpha value is -1.40. The Kier molecular flexibility index (Phi) is 5.55. The van der Waals surface area contributed by atoms with Crippen molar-refractivity contribution < 1.29 is 14.3 Å². The van der Waals surface area contributed by atoms with Gasteiger partial charge < -0.3 is 10.1 Å². The third kappa shape index (κ3) is 4.05. The Balaban J connectivity index is 1.83. The minimum Gasteiger partial charge on any atom is -0.468 e. The highest BCUT2D eigenvalue weighted by molar-refractivity contribution is 7.09. The second-order valence-corrected chi connectivity index (χ2v) is 5.89. The maximum Gasteiger partial charge on any atom is 0.323 e. The Labute approximate surface area is 122 Å². The van der Waals surface area contributed by atoms with E-state index < -0.39 is 0 Å². The van der Waals surface area contributed by atoms with Crippen LogP contribution in [0.5, 0.6) is 0 Å². The highest BCUT2D eigenvalue weighted by Crippen LogP contribution is 2.17. The lowest BCUT2D eigenvalue weighted by atomic mass is 10.0. The monoisotopic (exact) mass is 296 g/mol. The quantitative estimate of drug-likeness (QED) is 0.834. The third-order valence-corrected chi connectivity index (χ3v) is 4.35. The molecular weight excluding hydrogens is 276 g/mol. The SMILES string of the molecule is COC(=O)C1CCCCN1CC(=O)NCc1cccs1. The van der Waals surface area contributed by atoms with Crippen molar-refractivity contribution in [3.8, 4) is 0 Å². The van der Waals surface area contributed by atoms with Gasteiger partial charge in [0.2, 0.25) is 5.91 Å². The molecule has 0 spiro atoms. The molecule has 0 aliphatic carbocycles. The van der Waals surface area contributed by atoms with Crippen molar-refractivity contribution in [2.24, 2.45) is 0 Å². The summed E-state index contributed by atoms with van der Waals surface area (Å²) < 4.78 is 4.81. The molecule has 2 rings (SSSR count). The molecule has 1 aliphatic rings. The number of carbonyl (C=O) groups is 2. The number of hydrogen-bond donors (Lipinski definition) is 1. The van der Waals surface area contributed by atoms with Gasteiger partial charge >= 0.3 is 5.97 Å². The van der Waals surface area contributed by atoms with E-state index in [9.17, 15) is 9.59 Å². The van der Waals surface area contributed by atoms with Crippen LogP contribution >= 0.6 is 11.3 Å². The Morgan fingerprint density at radius 2 is 2.35 bits per heavy atom. The van der Waals surface area contributed by atoms with Gasteiger partial charge in [0.15, 0.2) is 0 Å². The van der Waals surface area contributed by atoms with Crippen molar-refractivity contribution in [3.63, 3.8) is 0 Å². The Morgan fingerprint density at radius 3 is 3.05 bits per heavy atom. The van der Waals surface area contributed by atoms with Gasteiger partial charge in [-0.25, -0.2) is 0 Å². The summed E-state index contributed by atoms with van der Waals surface area (Å²) in [5.41, 5.74) is 0. The van der Waals surface area contributed by atoms with Crippen LogP contribution in [-0.2, 0) is 20.9 Å². The van der Waals surface area contributed by atoms with Crippen LogP contribution in [0.15, 0.2) is 17.5 Å². The van der Waals surface area contributed by atoms with Crippen LogP contribution in [0.4, 0.5) is 0 Å². The average Bonchev–Trinajstić information content (AvgIpc) is 2.98. The van der Waals surface area contributed by atoms with Gasteiger partial charge in [0.05, 0.1) is 20.2 Å². The number of hydrogen-bond acceptors (Lipinski definition) is 5. The normalized spacial score (nSPS) is 19.6. The molecule has 1 atom stereocenters. The molecule has 1 fully saturated rings. The molecule has 110 valence electrons. The van der Waals surface area contributed by atoms with Gasteiger partial charge in [0.25, 0.3) is 0 Å². The average molecular weight is 296 g/mol. The Bertz CT molecular complexity index is 447. The number of carbonyl (C=O) groups excluding carboxylic acids is 2. The predicted octanol–water partition coefficient (Wildman–Crippen LogP) is 1.39. The van der Waals surface area contributed by atoms with Gasteiger partial charge in [0, 0.05) is 4.88 Å². The molecule has 1 aromatic rings. The smallest absolute Gasteiger partial charge is 0.323 e. The van der Waals surface area contributed by atoms with E-state index in [1.807, 2.05) is 22.4 Å². The van der Waals surface area contributed by atoms with Crippen molar-refractivity contribution in [1.29, 1.82) is 0 Å². The lowest BCUT2D eigenvalue weighted by Gasteiger charge is -2.32. The maximum absolute atomic E-state index is 12.0. The van der Waals surface area contributed by atoms with Crippen LogP contribution in [0, 0.1) is 0 Å². The number of nitrogens with one attached hydrogen (secondary N) is 1. The lowest BCUT2D eigenvalue weighted by Crippen LogP contribution is -2.49. The first-order valence-electron chi connectivity index (χ1n) is 6.81. The first-order chi connectivity index (χ1) is 9.70. The lowest BCUT2D eigenvalue weighted by molar-refractivity contribution is -0.148. The van der Waals surface area contributed by atoms with E-state index in [-0.39, 0.29) is 24.5 Å². The molecule has 1 saturated heterocycles. The number of esters is 1. The first-order valence-corrected chi connectivity index (χ1v) is 7.69. The molecule has 6 heteroatoms. The van der Waals surface area contributed by atoms with Gasteiger partial charge in [-0.1, -0.05) is 12.5 Å². The molecule has 0 radical (unpaired) electrons. The molecule has 2 heterocycles. The minimum absolute atomic E-state index is 0.0470. The molecule has 0 bridgehead atoms. The molecule has 5 nitrogen and oxygen atoms in total. The summed E-state index contributed by atoms with van der Waals surface area (Å²) in [4.78, 5) is 26.7. The molecule has 0 aromatic carbocycles. The van der Waals surface area contributed by atoms with Crippen LogP contribution in [0.3, 0.4) is 0 Å². The second-order valence-electron chi connectivity index (χ2n) is 4.86. The van der Waals surface area contributed by atoms with Gasteiger partial charge in [-0.3, -0.25) is 14.5 Å². The number of piperidine rings is 1. The van der Waals surface area contributed by atoms with Crippen LogP contribution in [0.25, 0.3) is 0 Å². The van der Waals surface area contributed by atoms with Gasteiger partial charge in [-0.05, 0) is 30.8 Å². The van der Waals surface area contributed by atoms with E-state index in [4.69, 9.17) is 4.74 Å². The van der Waals surface area contributed by atoms with Crippen LogP contribution in [0.2, 0.25) is 0 Å². The fourth-order valence-corrected chi connectivity index (χ4v) is 3.07. The zero-order valence-electron chi connectivity index (χ0n) is 11.6. The fraction of sp³-hybridized carbons (Fsp3) is 0.571. The molecule has 1 aromatic heterocycles. The molecule has 0 saturated carbocycles. The predicted molar refractivity (Wildman–Crippen MR) is 77.4 cm³/mol. The zero-order chi connectivity index (χ0) is 14.4. The van der Waals surface area contributed by atoms with Gasteiger partial charge in [-0.2, -0.15) is 0 Å². The third-order valence-electron chi connectivity index (χ3n) is 3.47. The number of amides is 1.